The molecule has 0 aliphatic rings. The molecule has 1 radical (unpaired) electrons. The Morgan fingerprint density at radius 2 is 2.15 bits per heavy atom. The standard InChI is InChI=1S/C11H6NO/c12-7-9-5-1-3-8-4-2-6-10(13)11(8)9/h1-4,6,13H. The van der Waals surface area contributed by atoms with E-state index in [1.165, 1.54) is 0 Å². The van der Waals surface area contributed by atoms with Gasteiger partial charge in [0.1, 0.15) is 11.8 Å². The maximum Gasteiger partial charge on any atom is 0.124 e. The monoisotopic (exact) mass is 168 g/mol. The first-order valence-electron chi connectivity index (χ1n) is 3.85. The van der Waals surface area contributed by atoms with E-state index >= 15 is 0 Å². The molecule has 61 valence electrons. The molecule has 1 N–H and O–H groups in total. The molecule has 0 atom stereocenters. The average molecular weight is 168 g/mol. The van der Waals surface area contributed by atoms with E-state index in [1.807, 2.05) is 18.2 Å². The first-order chi connectivity index (χ1) is 6.33. The Hall–Kier alpha value is -2.01. The molecule has 0 amide bonds. The molecule has 0 heterocycles. The second-order valence-electron chi connectivity index (χ2n) is 2.71. The first-order valence-corrected chi connectivity index (χ1v) is 3.85. The quantitative estimate of drug-likeness (QED) is 0.655. The van der Waals surface area contributed by atoms with Gasteiger partial charge in [-0.15, -0.1) is 0 Å². The Morgan fingerprint density at radius 1 is 1.31 bits per heavy atom. The van der Waals surface area contributed by atoms with Gasteiger partial charge in [0.15, 0.2) is 0 Å². The number of nitrogens with zero attached hydrogens (tertiary/aromatic N) is 1. The molecule has 0 saturated heterocycles. The van der Waals surface area contributed by atoms with E-state index < -0.39 is 0 Å². The predicted octanol–water partition coefficient (Wildman–Crippen LogP) is 2.22. The van der Waals surface area contributed by atoms with E-state index in [0.29, 0.717) is 10.9 Å². The molecule has 13 heavy (non-hydrogen) atoms. The number of hydrogen-bond donors (Lipinski definition) is 1. The van der Waals surface area contributed by atoms with Gasteiger partial charge in [-0.1, -0.05) is 24.3 Å². The molecule has 0 saturated carbocycles. The molecular formula is C11H6NO. The van der Waals surface area contributed by atoms with Crippen LogP contribution in [0.15, 0.2) is 30.3 Å². The third-order valence-electron chi connectivity index (χ3n) is 1.93. The van der Waals surface area contributed by atoms with Gasteiger partial charge in [-0.05, 0) is 11.5 Å². The van der Waals surface area contributed by atoms with Crippen LogP contribution in [-0.2, 0) is 0 Å². The van der Waals surface area contributed by atoms with Crippen LogP contribution in [0, 0.1) is 17.4 Å². The van der Waals surface area contributed by atoms with Gasteiger partial charge in [-0.3, -0.25) is 0 Å². The van der Waals surface area contributed by atoms with Gasteiger partial charge in [-0.25, -0.2) is 0 Å². The van der Waals surface area contributed by atoms with E-state index in [0.717, 1.165) is 5.39 Å². The maximum absolute atomic E-state index is 9.51. The molecular weight excluding hydrogens is 162 g/mol. The van der Waals surface area contributed by atoms with Crippen LogP contribution in [0.2, 0.25) is 0 Å². The Morgan fingerprint density at radius 3 is 2.92 bits per heavy atom. The smallest absolute Gasteiger partial charge is 0.124 e. The molecule has 2 heteroatoms. The maximum atomic E-state index is 9.51. The Balaban J connectivity index is 2.97. The number of nitriles is 1. The van der Waals surface area contributed by atoms with Crippen LogP contribution in [-0.4, -0.2) is 5.11 Å². The molecule has 0 bridgehead atoms. The number of phenols is 1. The van der Waals surface area contributed by atoms with Gasteiger partial charge in [0, 0.05) is 11.5 Å². The van der Waals surface area contributed by atoms with Crippen molar-refractivity contribution in [3.05, 3.63) is 42.0 Å². The van der Waals surface area contributed by atoms with Crippen LogP contribution in [0.25, 0.3) is 10.8 Å². The highest BCUT2D eigenvalue weighted by Crippen LogP contribution is 2.26. The van der Waals surface area contributed by atoms with Crippen LogP contribution in [0.4, 0.5) is 0 Å². The molecule has 2 nitrogen and oxygen atoms in total. The van der Waals surface area contributed by atoms with Gasteiger partial charge in [-0.2, -0.15) is 5.26 Å². The van der Waals surface area contributed by atoms with E-state index in [1.54, 1.807) is 18.2 Å². The minimum Gasteiger partial charge on any atom is -0.507 e. The lowest BCUT2D eigenvalue weighted by molar-refractivity contribution is 0.481. The minimum atomic E-state index is 0.130. The third-order valence-corrected chi connectivity index (χ3v) is 1.93. The Labute approximate surface area is 75.7 Å². The lowest BCUT2D eigenvalue weighted by atomic mass is 10.0. The summed E-state index contributed by atoms with van der Waals surface area (Å²) in [6.45, 7) is 0. The van der Waals surface area contributed by atoms with Crippen molar-refractivity contribution in [2.45, 2.75) is 0 Å². The molecule has 2 rings (SSSR count). The SMILES string of the molecule is N#Cc1[c]ccc2cccc(O)c12. The van der Waals surface area contributed by atoms with Crippen molar-refractivity contribution in [2.75, 3.05) is 0 Å². The van der Waals surface area contributed by atoms with Gasteiger partial charge in [0.05, 0.1) is 5.56 Å². The number of phenolic OH excluding ortho intramolecular Hbond substituents is 1. The van der Waals surface area contributed by atoms with Crippen LogP contribution < -0.4 is 0 Å². The summed E-state index contributed by atoms with van der Waals surface area (Å²) in [5, 5.41) is 19.7. The van der Waals surface area contributed by atoms with Crippen molar-refractivity contribution in [1.29, 1.82) is 5.26 Å². The van der Waals surface area contributed by atoms with E-state index in [9.17, 15) is 5.11 Å². The van der Waals surface area contributed by atoms with Crippen LogP contribution >= 0.6 is 0 Å². The molecule has 0 unspecified atom stereocenters. The number of aromatic hydroxyl groups is 1. The fourth-order valence-electron chi connectivity index (χ4n) is 1.34. The molecule has 0 spiro atoms. The van der Waals surface area contributed by atoms with Gasteiger partial charge in [0.2, 0.25) is 0 Å². The zero-order chi connectivity index (χ0) is 9.26. The summed E-state index contributed by atoms with van der Waals surface area (Å²) < 4.78 is 0. The molecule has 0 aromatic heterocycles. The van der Waals surface area contributed by atoms with Gasteiger partial charge >= 0.3 is 0 Å². The fourth-order valence-corrected chi connectivity index (χ4v) is 1.34. The summed E-state index contributed by atoms with van der Waals surface area (Å²) in [6.07, 6.45) is 0. The van der Waals surface area contributed by atoms with Crippen LogP contribution in [0.1, 0.15) is 5.56 Å². The van der Waals surface area contributed by atoms with Gasteiger partial charge in [0.25, 0.3) is 0 Å². The van der Waals surface area contributed by atoms with Gasteiger partial charge < -0.3 is 5.11 Å². The highest BCUT2D eigenvalue weighted by atomic mass is 16.3. The Bertz CT molecular complexity index is 492. The van der Waals surface area contributed by atoms with E-state index in [2.05, 4.69) is 6.07 Å². The van der Waals surface area contributed by atoms with Crippen LogP contribution in [0.3, 0.4) is 0 Å². The number of benzene rings is 2. The first kappa shape index (κ1) is 7.63. The number of hydrogen-bond acceptors (Lipinski definition) is 2. The summed E-state index contributed by atoms with van der Waals surface area (Å²) in [5.74, 6) is 0.130. The lowest BCUT2D eigenvalue weighted by Gasteiger charge is -2.00. The Kier molecular flexibility index (Phi) is 1.64. The summed E-state index contributed by atoms with van der Waals surface area (Å²) in [5.41, 5.74) is 0.385. The summed E-state index contributed by atoms with van der Waals surface area (Å²) in [7, 11) is 0. The normalized spacial score (nSPS) is 9.77. The topological polar surface area (TPSA) is 44.0 Å². The van der Waals surface area contributed by atoms with Crippen molar-refractivity contribution in [1.82, 2.24) is 0 Å². The third kappa shape index (κ3) is 1.11. The van der Waals surface area contributed by atoms with E-state index in [4.69, 9.17) is 5.26 Å². The van der Waals surface area contributed by atoms with Crippen molar-refractivity contribution in [2.24, 2.45) is 0 Å². The zero-order valence-corrected chi connectivity index (χ0v) is 6.78. The van der Waals surface area contributed by atoms with Crippen molar-refractivity contribution in [3.8, 4) is 11.8 Å². The fraction of sp³-hybridized carbons (Fsp3) is 0. The largest absolute Gasteiger partial charge is 0.507 e. The number of fused-ring (bicyclic) bond motifs is 1. The number of rotatable bonds is 0. The molecule has 0 aliphatic carbocycles. The molecule has 2 aromatic rings. The lowest BCUT2D eigenvalue weighted by Crippen LogP contribution is -1.79. The average Bonchev–Trinajstić information content (AvgIpc) is 2.17. The zero-order valence-electron chi connectivity index (χ0n) is 6.78. The summed E-state index contributed by atoms with van der Waals surface area (Å²) in [4.78, 5) is 0. The van der Waals surface area contributed by atoms with Crippen LogP contribution in [0.5, 0.6) is 5.75 Å². The molecule has 2 aromatic carbocycles. The predicted molar refractivity (Wildman–Crippen MR) is 49.2 cm³/mol. The summed E-state index contributed by atoms with van der Waals surface area (Å²) in [6, 6.07) is 13.4. The highest BCUT2D eigenvalue weighted by Gasteiger charge is 2.03. The second-order valence-corrected chi connectivity index (χ2v) is 2.71. The van der Waals surface area contributed by atoms with Crippen molar-refractivity contribution < 1.29 is 5.11 Å². The van der Waals surface area contributed by atoms with Crippen molar-refractivity contribution >= 4 is 10.8 Å². The second kappa shape index (κ2) is 2.80. The highest BCUT2D eigenvalue weighted by molar-refractivity contribution is 5.92. The summed E-state index contributed by atoms with van der Waals surface area (Å²) >= 11 is 0. The molecule has 0 fully saturated rings. The minimum absolute atomic E-state index is 0.130. The van der Waals surface area contributed by atoms with E-state index in [-0.39, 0.29) is 5.75 Å². The molecule has 0 aliphatic heterocycles. The van der Waals surface area contributed by atoms with Crippen molar-refractivity contribution in [3.63, 3.8) is 0 Å².